The van der Waals surface area contributed by atoms with Gasteiger partial charge < -0.3 is 5.32 Å². The van der Waals surface area contributed by atoms with Crippen LogP contribution in [0.5, 0.6) is 0 Å². The Hall–Kier alpha value is -0.470. The smallest absolute Gasteiger partial charge is 0.0802 e. The Morgan fingerprint density at radius 3 is 2.86 bits per heavy atom. The zero-order valence-corrected chi connectivity index (χ0v) is 16.1. The maximum absolute atomic E-state index is 4.23. The van der Waals surface area contributed by atoms with Crippen molar-refractivity contribution >= 4 is 38.5 Å². The van der Waals surface area contributed by atoms with Crippen molar-refractivity contribution < 1.29 is 0 Å². The summed E-state index contributed by atoms with van der Waals surface area (Å²) in [5.41, 5.74) is 2.39. The van der Waals surface area contributed by atoms with Crippen LogP contribution in [0.25, 0.3) is 0 Å². The Bertz CT molecular complexity index is 585. The van der Waals surface area contributed by atoms with E-state index in [2.05, 4.69) is 86.2 Å². The van der Waals surface area contributed by atoms with Gasteiger partial charge in [0.15, 0.2) is 0 Å². The second-order valence-corrected chi connectivity index (χ2v) is 7.01. The molecule has 0 aliphatic heterocycles. The van der Waals surface area contributed by atoms with E-state index >= 15 is 0 Å². The van der Waals surface area contributed by atoms with E-state index in [0.29, 0.717) is 0 Å². The van der Waals surface area contributed by atoms with E-state index in [0.717, 1.165) is 36.1 Å². The fourth-order valence-electron chi connectivity index (χ4n) is 2.27. The molecule has 1 N–H and O–H groups in total. The molecule has 0 radical (unpaired) electrons. The van der Waals surface area contributed by atoms with Crippen LogP contribution in [0.3, 0.4) is 0 Å². The highest BCUT2D eigenvalue weighted by Gasteiger charge is 2.20. The first-order chi connectivity index (χ1) is 10.2. The fraction of sp³-hybridized carbons (Fsp3) is 0.467. The van der Waals surface area contributed by atoms with Gasteiger partial charge in [0.05, 0.1) is 17.9 Å². The number of rotatable bonds is 7. The molecule has 0 saturated heterocycles. The Morgan fingerprint density at radius 1 is 1.33 bits per heavy atom. The van der Waals surface area contributed by atoms with Crippen LogP contribution in [0.4, 0.5) is 0 Å². The summed E-state index contributed by atoms with van der Waals surface area (Å²) >= 11 is 5.97. The van der Waals surface area contributed by atoms with E-state index < -0.39 is 0 Å². The average molecular weight is 463 g/mol. The molecule has 2 rings (SSSR count). The molecule has 0 spiro atoms. The van der Waals surface area contributed by atoms with Crippen LogP contribution in [-0.2, 0) is 6.54 Å². The van der Waals surface area contributed by atoms with Crippen molar-refractivity contribution in [1.82, 2.24) is 20.3 Å². The van der Waals surface area contributed by atoms with Crippen molar-refractivity contribution in [3.63, 3.8) is 0 Å². The minimum atomic E-state index is 0.121. The molecule has 114 valence electrons. The van der Waals surface area contributed by atoms with Crippen LogP contribution >= 0.6 is 38.5 Å². The van der Waals surface area contributed by atoms with E-state index in [1.54, 1.807) is 0 Å². The standard InChI is InChI=1S/C15H20BrIN4/c1-3-7-18-15(12-9-11(16)5-6-13(12)17)14-10-19-20-21(14)8-4-2/h5-6,9-10,15,18H,3-4,7-8H2,1-2H3. The number of aryl methyl sites for hydroxylation is 1. The van der Waals surface area contributed by atoms with E-state index in [1.165, 1.54) is 9.13 Å². The quantitative estimate of drug-likeness (QED) is 0.628. The molecule has 1 atom stereocenters. The molecule has 1 heterocycles. The summed E-state index contributed by atoms with van der Waals surface area (Å²) in [4.78, 5) is 0. The molecule has 21 heavy (non-hydrogen) atoms. The summed E-state index contributed by atoms with van der Waals surface area (Å²) in [7, 11) is 0. The molecule has 1 unspecified atom stereocenters. The Balaban J connectivity index is 2.42. The Kier molecular flexibility index (Phi) is 6.63. The molecule has 0 amide bonds. The molecule has 0 aliphatic rings. The first-order valence-electron chi connectivity index (χ1n) is 7.24. The molecule has 0 bridgehead atoms. The van der Waals surface area contributed by atoms with Crippen molar-refractivity contribution in [2.24, 2.45) is 0 Å². The minimum absolute atomic E-state index is 0.121. The second-order valence-electron chi connectivity index (χ2n) is 4.93. The monoisotopic (exact) mass is 462 g/mol. The van der Waals surface area contributed by atoms with Crippen molar-refractivity contribution in [1.29, 1.82) is 0 Å². The number of hydrogen-bond acceptors (Lipinski definition) is 3. The van der Waals surface area contributed by atoms with Gasteiger partial charge in [-0.1, -0.05) is 35.0 Å². The molecule has 4 nitrogen and oxygen atoms in total. The SMILES string of the molecule is CCCNC(c1cc(Br)ccc1I)c1cnnn1CCC. The number of nitrogens with zero attached hydrogens (tertiary/aromatic N) is 3. The lowest BCUT2D eigenvalue weighted by Crippen LogP contribution is -2.26. The summed E-state index contributed by atoms with van der Waals surface area (Å²) in [6, 6.07) is 6.51. The van der Waals surface area contributed by atoms with Crippen LogP contribution in [0.2, 0.25) is 0 Å². The molecule has 1 aromatic carbocycles. The zero-order chi connectivity index (χ0) is 15.2. The number of aromatic nitrogens is 3. The first kappa shape index (κ1) is 16.9. The van der Waals surface area contributed by atoms with Gasteiger partial charge in [0.2, 0.25) is 0 Å². The lowest BCUT2D eigenvalue weighted by molar-refractivity contribution is 0.503. The first-order valence-corrected chi connectivity index (χ1v) is 9.11. The van der Waals surface area contributed by atoms with Gasteiger partial charge in [0, 0.05) is 14.6 Å². The third-order valence-corrected chi connectivity index (χ3v) is 4.72. The van der Waals surface area contributed by atoms with Crippen molar-refractivity contribution in [2.75, 3.05) is 6.54 Å². The van der Waals surface area contributed by atoms with Crippen LogP contribution in [0, 0.1) is 3.57 Å². The number of hydrogen-bond donors (Lipinski definition) is 1. The topological polar surface area (TPSA) is 42.7 Å². The van der Waals surface area contributed by atoms with Gasteiger partial charge in [-0.25, -0.2) is 4.68 Å². The maximum atomic E-state index is 4.23. The highest BCUT2D eigenvalue weighted by molar-refractivity contribution is 14.1. The second kappa shape index (κ2) is 8.24. The highest BCUT2D eigenvalue weighted by Crippen LogP contribution is 2.28. The van der Waals surface area contributed by atoms with E-state index in [4.69, 9.17) is 0 Å². The van der Waals surface area contributed by atoms with Crippen LogP contribution < -0.4 is 5.32 Å². The summed E-state index contributed by atoms with van der Waals surface area (Å²) in [5.74, 6) is 0. The van der Waals surface area contributed by atoms with Gasteiger partial charge in [0.1, 0.15) is 0 Å². The predicted octanol–water partition coefficient (Wildman–Crippen LogP) is 4.14. The van der Waals surface area contributed by atoms with E-state index in [9.17, 15) is 0 Å². The van der Waals surface area contributed by atoms with Crippen molar-refractivity contribution in [3.8, 4) is 0 Å². The third-order valence-electron chi connectivity index (χ3n) is 3.25. The molecule has 0 saturated carbocycles. The van der Waals surface area contributed by atoms with Gasteiger partial charge >= 0.3 is 0 Å². The predicted molar refractivity (Wildman–Crippen MR) is 97.3 cm³/mol. The average Bonchev–Trinajstić information content (AvgIpc) is 2.92. The van der Waals surface area contributed by atoms with Gasteiger partial charge in [-0.15, -0.1) is 5.10 Å². The summed E-state index contributed by atoms with van der Waals surface area (Å²) in [6.07, 6.45) is 4.02. The van der Waals surface area contributed by atoms with E-state index in [1.807, 2.05) is 10.9 Å². The van der Waals surface area contributed by atoms with Crippen LogP contribution in [-0.4, -0.2) is 21.5 Å². The van der Waals surface area contributed by atoms with Crippen LogP contribution in [0.1, 0.15) is 44.0 Å². The molecule has 2 aromatic rings. The molecular formula is C15H20BrIN4. The molecule has 0 fully saturated rings. The van der Waals surface area contributed by atoms with Gasteiger partial charge in [-0.2, -0.15) is 0 Å². The third kappa shape index (κ3) is 4.26. The van der Waals surface area contributed by atoms with Gasteiger partial charge in [0.25, 0.3) is 0 Å². The summed E-state index contributed by atoms with van der Waals surface area (Å²) < 4.78 is 4.34. The number of halogens is 2. The zero-order valence-electron chi connectivity index (χ0n) is 12.3. The van der Waals surface area contributed by atoms with E-state index in [-0.39, 0.29) is 6.04 Å². The Morgan fingerprint density at radius 2 is 2.14 bits per heavy atom. The Labute approximate surface area is 148 Å². The molecule has 1 aromatic heterocycles. The van der Waals surface area contributed by atoms with Gasteiger partial charge in [-0.3, -0.25) is 0 Å². The van der Waals surface area contributed by atoms with Gasteiger partial charge in [-0.05, 0) is 65.7 Å². The number of nitrogens with one attached hydrogen (secondary N) is 1. The minimum Gasteiger partial charge on any atom is -0.305 e. The van der Waals surface area contributed by atoms with Crippen molar-refractivity contribution in [3.05, 3.63) is 43.7 Å². The summed E-state index contributed by atoms with van der Waals surface area (Å²) in [5, 5.41) is 12.0. The lowest BCUT2D eigenvalue weighted by Gasteiger charge is -2.21. The largest absolute Gasteiger partial charge is 0.305 e. The number of benzene rings is 1. The molecular weight excluding hydrogens is 443 g/mol. The lowest BCUT2D eigenvalue weighted by atomic mass is 10.0. The van der Waals surface area contributed by atoms with Crippen molar-refractivity contribution in [2.45, 2.75) is 39.3 Å². The fourth-order valence-corrected chi connectivity index (χ4v) is 3.30. The van der Waals surface area contributed by atoms with Crippen LogP contribution in [0.15, 0.2) is 28.9 Å². The molecule has 6 heteroatoms. The highest BCUT2D eigenvalue weighted by atomic mass is 127. The maximum Gasteiger partial charge on any atom is 0.0802 e. The normalized spacial score (nSPS) is 12.6. The summed E-state index contributed by atoms with van der Waals surface area (Å²) in [6.45, 7) is 6.19. The molecule has 0 aliphatic carbocycles.